The lowest BCUT2D eigenvalue weighted by Gasteiger charge is -2.04. The number of amides is 1. The third-order valence-corrected chi connectivity index (χ3v) is 3.96. The van der Waals surface area contributed by atoms with E-state index in [1.54, 1.807) is 0 Å². The van der Waals surface area contributed by atoms with Gasteiger partial charge in [0.1, 0.15) is 22.9 Å². The molecule has 0 fully saturated rings. The Balaban J connectivity index is 2.23. The molecule has 0 unspecified atom stereocenters. The standard InChI is InChI=1S/C17H14FNO5S/c1-19-17(20)15-13-9-12(24-25(2,21)22)7-8-14(13)23-16(15)10-3-5-11(18)6-4-10/h3-9H,1-2H3,(H,19,20). The van der Waals surface area contributed by atoms with Crippen LogP contribution < -0.4 is 9.50 Å². The zero-order valence-corrected chi connectivity index (χ0v) is 14.2. The normalized spacial score (nSPS) is 11.5. The molecule has 1 aromatic heterocycles. The van der Waals surface area contributed by atoms with Crippen molar-refractivity contribution >= 4 is 27.0 Å². The van der Waals surface area contributed by atoms with Crippen molar-refractivity contribution in [1.29, 1.82) is 0 Å². The molecule has 3 aromatic rings. The molecule has 0 saturated carbocycles. The molecule has 8 heteroatoms. The van der Waals surface area contributed by atoms with Crippen LogP contribution in [0.5, 0.6) is 5.75 Å². The summed E-state index contributed by atoms with van der Waals surface area (Å²) in [5.74, 6) is -0.516. The van der Waals surface area contributed by atoms with Gasteiger partial charge in [-0.15, -0.1) is 0 Å². The van der Waals surface area contributed by atoms with Crippen molar-refractivity contribution in [3.8, 4) is 17.1 Å². The number of fused-ring (bicyclic) bond motifs is 1. The Morgan fingerprint density at radius 2 is 1.84 bits per heavy atom. The maximum atomic E-state index is 13.2. The van der Waals surface area contributed by atoms with Crippen molar-refractivity contribution < 1.29 is 26.2 Å². The van der Waals surface area contributed by atoms with Gasteiger partial charge in [0, 0.05) is 18.0 Å². The smallest absolute Gasteiger partial charge is 0.306 e. The van der Waals surface area contributed by atoms with E-state index in [0.717, 1.165) is 6.26 Å². The van der Waals surface area contributed by atoms with Crippen LogP contribution >= 0.6 is 0 Å². The molecule has 1 amide bonds. The van der Waals surface area contributed by atoms with Crippen LogP contribution in [0.1, 0.15) is 10.4 Å². The van der Waals surface area contributed by atoms with E-state index in [-0.39, 0.29) is 17.1 Å². The molecule has 0 atom stereocenters. The third-order valence-electron chi connectivity index (χ3n) is 3.47. The van der Waals surface area contributed by atoms with Gasteiger partial charge in [0.15, 0.2) is 0 Å². The minimum atomic E-state index is -3.71. The summed E-state index contributed by atoms with van der Waals surface area (Å²) in [5, 5.41) is 2.91. The van der Waals surface area contributed by atoms with Gasteiger partial charge in [-0.3, -0.25) is 4.79 Å². The molecule has 6 nitrogen and oxygen atoms in total. The van der Waals surface area contributed by atoms with Gasteiger partial charge < -0.3 is 13.9 Å². The van der Waals surface area contributed by atoms with E-state index in [4.69, 9.17) is 8.60 Å². The summed E-state index contributed by atoms with van der Waals surface area (Å²) in [6.07, 6.45) is 0.927. The van der Waals surface area contributed by atoms with Gasteiger partial charge in [-0.2, -0.15) is 8.42 Å². The highest BCUT2D eigenvalue weighted by Gasteiger charge is 2.22. The van der Waals surface area contributed by atoms with Crippen molar-refractivity contribution in [2.45, 2.75) is 0 Å². The molecule has 0 aliphatic rings. The van der Waals surface area contributed by atoms with Crippen LogP contribution in [0, 0.1) is 5.82 Å². The van der Waals surface area contributed by atoms with Crippen LogP contribution in [0.4, 0.5) is 4.39 Å². The molecule has 1 heterocycles. The van der Waals surface area contributed by atoms with Crippen LogP contribution in [0.15, 0.2) is 46.9 Å². The van der Waals surface area contributed by atoms with E-state index in [1.807, 2.05) is 0 Å². The molecule has 1 N–H and O–H groups in total. The molecule has 25 heavy (non-hydrogen) atoms. The van der Waals surface area contributed by atoms with E-state index >= 15 is 0 Å². The minimum Gasteiger partial charge on any atom is -0.455 e. The van der Waals surface area contributed by atoms with E-state index in [9.17, 15) is 17.6 Å². The monoisotopic (exact) mass is 363 g/mol. The molecule has 0 radical (unpaired) electrons. The summed E-state index contributed by atoms with van der Waals surface area (Å²) < 4.78 is 46.4. The third kappa shape index (κ3) is 3.48. The van der Waals surface area contributed by atoms with Crippen molar-refractivity contribution in [3.63, 3.8) is 0 Å². The highest BCUT2D eigenvalue weighted by molar-refractivity contribution is 7.86. The summed E-state index contributed by atoms with van der Waals surface area (Å²) >= 11 is 0. The number of rotatable bonds is 4. The topological polar surface area (TPSA) is 85.6 Å². The first kappa shape index (κ1) is 17.0. The number of furan rings is 1. The Morgan fingerprint density at radius 3 is 2.44 bits per heavy atom. The number of carbonyl (C=O) groups is 1. The molecule has 0 aliphatic carbocycles. The maximum absolute atomic E-state index is 13.2. The quantitative estimate of drug-likeness (QED) is 0.721. The molecule has 0 saturated heterocycles. The Kier molecular flexibility index (Phi) is 4.22. The fourth-order valence-corrected chi connectivity index (χ4v) is 2.91. The largest absolute Gasteiger partial charge is 0.455 e. The summed E-state index contributed by atoms with van der Waals surface area (Å²) in [5.41, 5.74) is 1.10. The van der Waals surface area contributed by atoms with Gasteiger partial charge in [0.25, 0.3) is 5.91 Å². The number of benzene rings is 2. The SMILES string of the molecule is CNC(=O)c1c(-c2ccc(F)cc2)oc2ccc(OS(C)(=O)=O)cc12. The predicted molar refractivity (Wildman–Crippen MR) is 90.5 cm³/mol. The second kappa shape index (κ2) is 6.21. The fourth-order valence-electron chi connectivity index (χ4n) is 2.46. The van der Waals surface area contributed by atoms with Crippen molar-refractivity contribution in [1.82, 2.24) is 5.32 Å². The predicted octanol–water partition coefficient (Wildman–Crippen LogP) is 2.94. The van der Waals surface area contributed by atoms with E-state index < -0.39 is 21.8 Å². The van der Waals surface area contributed by atoms with Gasteiger partial charge in [0.05, 0.1) is 11.8 Å². The van der Waals surface area contributed by atoms with Crippen LogP contribution in [0.3, 0.4) is 0 Å². The van der Waals surface area contributed by atoms with E-state index in [1.165, 1.54) is 49.5 Å². The summed E-state index contributed by atoms with van der Waals surface area (Å²) in [6.45, 7) is 0. The highest BCUT2D eigenvalue weighted by Crippen LogP contribution is 2.35. The Hall–Kier alpha value is -2.87. The molecule has 0 spiro atoms. The second-order valence-electron chi connectivity index (χ2n) is 5.34. The van der Waals surface area contributed by atoms with Gasteiger partial charge in [-0.25, -0.2) is 4.39 Å². The fraction of sp³-hybridized carbons (Fsp3) is 0.118. The average molecular weight is 363 g/mol. The van der Waals surface area contributed by atoms with Crippen molar-refractivity contribution in [2.75, 3.05) is 13.3 Å². The van der Waals surface area contributed by atoms with Crippen LogP contribution in [0.2, 0.25) is 0 Å². The summed E-state index contributed by atoms with van der Waals surface area (Å²) in [6, 6.07) is 9.85. The first-order valence-electron chi connectivity index (χ1n) is 7.22. The molecule has 0 bridgehead atoms. The Bertz CT molecular complexity index is 1050. The number of halogens is 1. The molecule has 3 rings (SSSR count). The van der Waals surface area contributed by atoms with E-state index in [0.29, 0.717) is 16.5 Å². The lowest BCUT2D eigenvalue weighted by atomic mass is 10.0. The zero-order valence-electron chi connectivity index (χ0n) is 13.4. The molecule has 0 aliphatic heterocycles. The van der Waals surface area contributed by atoms with Gasteiger partial charge in [0.2, 0.25) is 0 Å². The lowest BCUT2D eigenvalue weighted by Crippen LogP contribution is -2.18. The zero-order chi connectivity index (χ0) is 18.2. The highest BCUT2D eigenvalue weighted by atomic mass is 32.2. The first-order chi connectivity index (χ1) is 11.8. The molecule has 130 valence electrons. The molecular weight excluding hydrogens is 349 g/mol. The number of hydrogen-bond acceptors (Lipinski definition) is 5. The van der Waals surface area contributed by atoms with Crippen LogP contribution in [-0.4, -0.2) is 27.6 Å². The average Bonchev–Trinajstić information content (AvgIpc) is 2.92. The maximum Gasteiger partial charge on any atom is 0.306 e. The lowest BCUT2D eigenvalue weighted by molar-refractivity contribution is 0.0964. The summed E-state index contributed by atoms with van der Waals surface area (Å²) in [4.78, 5) is 12.3. The van der Waals surface area contributed by atoms with Gasteiger partial charge >= 0.3 is 10.1 Å². The van der Waals surface area contributed by atoms with Crippen molar-refractivity contribution in [2.24, 2.45) is 0 Å². The number of nitrogens with one attached hydrogen (secondary N) is 1. The van der Waals surface area contributed by atoms with Crippen molar-refractivity contribution in [3.05, 3.63) is 53.8 Å². The van der Waals surface area contributed by atoms with Crippen LogP contribution in [-0.2, 0) is 10.1 Å². The van der Waals surface area contributed by atoms with E-state index in [2.05, 4.69) is 5.32 Å². The van der Waals surface area contributed by atoms with Gasteiger partial charge in [-0.05, 0) is 42.5 Å². The Labute approximate surface area is 143 Å². The van der Waals surface area contributed by atoms with Crippen LogP contribution in [0.25, 0.3) is 22.3 Å². The minimum absolute atomic E-state index is 0.0617. The number of carbonyl (C=O) groups excluding carboxylic acids is 1. The molecule has 2 aromatic carbocycles. The summed E-state index contributed by atoms with van der Waals surface area (Å²) in [7, 11) is -2.24. The second-order valence-corrected chi connectivity index (χ2v) is 6.91. The van der Waals surface area contributed by atoms with Gasteiger partial charge in [-0.1, -0.05) is 0 Å². The molecular formula is C17H14FNO5S. The Morgan fingerprint density at radius 1 is 1.16 bits per heavy atom. The number of hydrogen-bond donors (Lipinski definition) is 1. The first-order valence-corrected chi connectivity index (χ1v) is 9.04.